The molecular formula is C25H24ClN3O5S. The highest BCUT2D eigenvalue weighted by atomic mass is 35.5. The summed E-state index contributed by atoms with van der Waals surface area (Å²) in [7, 11) is -3.24. The van der Waals surface area contributed by atoms with Gasteiger partial charge in [0, 0.05) is 17.2 Å². The maximum absolute atomic E-state index is 11.7. The molecule has 2 heterocycles. The maximum atomic E-state index is 11.7. The average Bonchev–Trinajstić information content (AvgIpc) is 3.21. The minimum absolute atomic E-state index is 0.0746. The number of ether oxygens (including phenoxy) is 1. The van der Waals surface area contributed by atoms with Gasteiger partial charge in [-0.1, -0.05) is 48.0 Å². The number of H-pyrrole nitrogens is 1. The molecule has 5 rings (SSSR count). The maximum Gasteiger partial charge on any atom is 0.296 e. The molecule has 0 bridgehead atoms. The molecule has 0 radical (unpaired) electrons. The molecule has 0 atom stereocenters. The molecule has 2 aromatic carbocycles. The van der Waals surface area contributed by atoms with Gasteiger partial charge in [-0.15, -0.1) is 0 Å². The normalized spacial score (nSPS) is 15.8. The Kier molecular flexibility index (Phi) is 6.04. The Balaban J connectivity index is 1.35. The number of sulfone groups is 1. The highest BCUT2D eigenvalue weighted by Crippen LogP contribution is 2.42. The van der Waals surface area contributed by atoms with E-state index in [1.807, 2.05) is 24.3 Å². The Labute approximate surface area is 207 Å². The molecule has 4 aromatic rings. The largest absolute Gasteiger partial charge is 0.461 e. The first-order valence-electron chi connectivity index (χ1n) is 11.1. The average molecular weight is 514 g/mol. The van der Waals surface area contributed by atoms with Crippen LogP contribution in [0, 0.1) is 5.41 Å². The molecule has 0 amide bonds. The standard InChI is InChI=1S/C25H24ClN3O5S/c1-35(32,33)19-8-6-16(7-9-19)15-2-4-17(5-3-15)22-20(26)10-21-23(28-22)29-24(27-21)34-18-11-25(12-18,13-30)14-31/h2-10,18,30-31H,11-14H2,1H3,(H,27,28,29). The third-order valence-electron chi connectivity index (χ3n) is 6.45. The van der Waals surface area contributed by atoms with Gasteiger partial charge in [0.2, 0.25) is 0 Å². The fraction of sp³-hybridized carbons (Fsp3) is 0.280. The van der Waals surface area contributed by atoms with E-state index in [4.69, 9.17) is 16.3 Å². The van der Waals surface area contributed by atoms with Crippen molar-refractivity contribution >= 4 is 32.6 Å². The van der Waals surface area contributed by atoms with Crippen LogP contribution in [0.2, 0.25) is 5.02 Å². The van der Waals surface area contributed by atoms with E-state index in [-0.39, 0.29) is 24.2 Å². The number of aromatic nitrogens is 3. The van der Waals surface area contributed by atoms with Crippen LogP contribution in [0.3, 0.4) is 0 Å². The van der Waals surface area contributed by atoms with Gasteiger partial charge in [-0.3, -0.25) is 0 Å². The topological polar surface area (TPSA) is 125 Å². The number of aromatic amines is 1. The smallest absolute Gasteiger partial charge is 0.296 e. The summed E-state index contributed by atoms with van der Waals surface area (Å²) in [6.45, 7) is -0.149. The fourth-order valence-electron chi connectivity index (χ4n) is 4.32. The zero-order valence-electron chi connectivity index (χ0n) is 18.9. The summed E-state index contributed by atoms with van der Waals surface area (Å²) in [4.78, 5) is 12.4. The van der Waals surface area contributed by atoms with E-state index >= 15 is 0 Å². The summed E-state index contributed by atoms with van der Waals surface area (Å²) in [5.74, 6) is 0. The number of nitrogens with zero attached hydrogens (tertiary/aromatic N) is 2. The molecule has 0 spiro atoms. The first-order chi connectivity index (χ1) is 16.7. The quantitative estimate of drug-likeness (QED) is 0.342. The Morgan fingerprint density at radius 3 is 2.14 bits per heavy atom. The van der Waals surface area contributed by atoms with Gasteiger partial charge in [0.15, 0.2) is 15.5 Å². The van der Waals surface area contributed by atoms with Crippen LogP contribution < -0.4 is 4.74 Å². The van der Waals surface area contributed by atoms with Gasteiger partial charge in [-0.05, 0) is 42.2 Å². The van der Waals surface area contributed by atoms with Gasteiger partial charge in [0.1, 0.15) is 6.10 Å². The predicted octanol–water partition coefficient (Wildman–Crippen LogP) is 3.86. The molecule has 1 fully saturated rings. The van der Waals surface area contributed by atoms with E-state index in [1.165, 1.54) is 6.26 Å². The molecule has 1 aliphatic rings. The molecule has 182 valence electrons. The number of hydrogen-bond acceptors (Lipinski definition) is 7. The predicted molar refractivity (Wildman–Crippen MR) is 133 cm³/mol. The first-order valence-corrected chi connectivity index (χ1v) is 13.3. The summed E-state index contributed by atoms with van der Waals surface area (Å²) in [6.07, 6.45) is 2.16. The first kappa shape index (κ1) is 23.7. The number of fused-ring (bicyclic) bond motifs is 1. The molecule has 0 unspecified atom stereocenters. The van der Waals surface area contributed by atoms with Crippen LogP contribution in [-0.2, 0) is 9.84 Å². The van der Waals surface area contributed by atoms with E-state index < -0.39 is 15.3 Å². The lowest BCUT2D eigenvalue weighted by Gasteiger charge is -2.44. The highest BCUT2D eigenvalue weighted by molar-refractivity contribution is 7.90. The zero-order chi connectivity index (χ0) is 24.8. The number of imidazole rings is 1. The van der Waals surface area contributed by atoms with Crippen molar-refractivity contribution in [2.24, 2.45) is 5.41 Å². The number of nitrogens with one attached hydrogen (secondary N) is 1. The van der Waals surface area contributed by atoms with Gasteiger partial charge in [0.05, 0.1) is 34.3 Å². The molecule has 0 saturated heterocycles. The van der Waals surface area contributed by atoms with Crippen molar-refractivity contribution in [1.29, 1.82) is 0 Å². The van der Waals surface area contributed by atoms with Crippen molar-refractivity contribution in [2.75, 3.05) is 19.5 Å². The van der Waals surface area contributed by atoms with Gasteiger partial charge in [-0.25, -0.2) is 13.4 Å². The molecule has 10 heteroatoms. The van der Waals surface area contributed by atoms with Crippen molar-refractivity contribution in [1.82, 2.24) is 15.0 Å². The minimum atomic E-state index is -3.24. The summed E-state index contributed by atoms with van der Waals surface area (Å²) >= 11 is 6.52. The number of pyridine rings is 1. The molecular weight excluding hydrogens is 490 g/mol. The van der Waals surface area contributed by atoms with Crippen LogP contribution in [0.1, 0.15) is 12.8 Å². The Bertz CT molecular complexity index is 1470. The molecule has 35 heavy (non-hydrogen) atoms. The van der Waals surface area contributed by atoms with E-state index in [0.29, 0.717) is 40.7 Å². The molecule has 1 aliphatic carbocycles. The molecule has 8 nitrogen and oxygen atoms in total. The second-order valence-electron chi connectivity index (χ2n) is 9.07. The van der Waals surface area contributed by atoms with Gasteiger partial charge < -0.3 is 19.9 Å². The molecule has 2 aromatic heterocycles. The third kappa shape index (κ3) is 4.64. The van der Waals surface area contributed by atoms with Crippen LogP contribution in [0.25, 0.3) is 33.5 Å². The van der Waals surface area contributed by atoms with E-state index in [1.54, 1.807) is 30.3 Å². The van der Waals surface area contributed by atoms with Gasteiger partial charge in [0.25, 0.3) is 6.01 Å². The van der Waals surface area contributed by atoms with E-state index in [0.717, 1.165) is 16.7 Å². The Hall–Kier alpha value is -2.98. The van der Waals surface area contributed by atoms with Gasteiger partial charge >= 0.3 is 0 Å². The Morgan fingerprint density at radius 2 is 1.57 bits per heavy atom. The number of hydrogen-bond donors (Lipinski definition) is 3. The van der Waals surface area contributed by atoms with E-state index in [2.05, 4.69) is 15.0 Å². The Morgan fingerprint density at radius 1 is 1.00 bits per heavy atom. The number of rotatable bonds is 7. The number of benzene rings is 2. The lowest BCUT2D eigenvalue weighted by molar-refractivity contribution is -0.0835. The van der Waals surface area contributed by atoms with Crippen molar-refractivity contribution in [3.05, 3.63) is 59.6 Å². The van der Waals surface area contributed by atoms with Crippen molar-refractivity contribution in [3.8, 4) is 28.4 Å². The van der Waals surface area contributed by atoms with Crippen molar-refractivity contribution in [3.63, 3.8) is 0 Å². The highest BCUT2D eigenvalue weighted by Gasteiger charge is 2.45. The second-order valence-corrected chi connectivity index (χ2v) is 11.5. The number of halogens is 1. The summed E-state index contributed by atoms with van der Waals surface area (Å²) in [5, 5.41) is 19.3. The van der Waals surface area contributed by atoms with Crippen LogP contribution in [0.4, 0.5) is 0 Å². The van der Waals surface area contributed by atoms with E-state index in [9.17, 15) is 18.6 Å². The van der Waals surface area contributed by atoms with Gasteiger partial charge in [-0.2, -0.15) is 4.98 Å². The van der Waals surface area contributed by atoms with Crippen LogP contribution in [0.15, 0.2) is 59.5 Å². The number of aliphatic hydroxyl groups excluding tert-OH is 2. The molecule has 1 saturated carbocycles. The summed E-state index contributed by atoms with van der Waals surface area (Å²) in [6, 6.07) is 16.5. The lowest BCUT2D eigenvalue weighted by atomic mass is 9.68. The van der Waals surface area contributed by atoms with Crippen molar-refractivity contribution in [2.45, 2.75) is 23.8 Å². The summed E-state index contributed by atoms with van der Waals surface area (Å²) in [5.41, 5.74) is 3.86. The molecule has 3 N–H and O–H groups in total. The SMILES string of the molecule is CS(=O)(=O)c1ccc(-c2ccc(-c3nc4nc(OC5CC(CO)(CO)C5)[nH]c4cc3Cl)cc2)cc1. The van der Waals surface area contributed by atoms with Crippen molar-refractivity contribution < 1.29 is 23.4 Å². The van der Waals surface area contributed by atoms with Crippen LogP contribution >= 0.6 is 11.6 Å². The minimum Gasteiger partial charge on any atom is -0.461 e. The third-order valence-corrected chi connectivity index (χ3v) is 7.87. The van der Waals surface area contributed by atoms with Crippen LogP contribution in [0.5, 0.6) is 6.01 Å². The zero-order valence-corrected chi connectivity index (χ0v) is 20.5. The molecule has 0 aliphatic heterocycles. The summed E-state index contributed by atoms with van der Waals surface area (Å²) < 4.78 is 29.2. The van der Waals surface area contributed by atoms with Crippen LogP contribution in [-0.4, -0.2) is 59.2 Å². The monoisotopic (exact) mass is 513 g/mol. The fourth-order valence-corrected chi connectivity index (χ4v) is 5.22. The second kappa shape index (κ2) is 8.91. The number of aliphatic hydroxyl groups is 2. The lowest BCUT2D eigenvalue weighted by Crippen LogP contribution is -2.49.